The van der Waals surface area contributed by atoms with Gasteiger partial charge in [0.15, 0.2) is 5.17 Å². The zero-order chi connectivity index (χ0) is 11.6. The molecule has 6 heteroatoms. The van der Waals surface area contributed by atoms with E-state index in [1.54, 1.807) is 0 Å². The maximum Gasteiger partial charge on any atom is 0.156 e. The molecule has 0 aromatic carbocycles. The van der Waals surface area contributed by atoms with E-state index in [0.717, 1.165) is 17.6 Å². The standard InChI is InChI=1S/C10H18N2O2S2/c1-16(13,14)6-2-5-11-10-12-7-9(15-10)8-3-4-8/h8-9H,2-7H2,1H3,(H,11,12). The fourth-order valence-corrected chi connectivity index (χ4v) is 3.63. The fourth-order valence-electron chi connectivity index (χ4n) is 1.73. The highest BCUT2D eigenvalue weighted by Gasteiger charge is 2.35. The molecule has 2 aliphatic rings. The van der Waals surface area contributed by atoms with Crippen molar-refractivity contribution in [3.05, 3.63) is 0 Å². The predicted octanol–water partition coefficient (Wildman–Crippen LogP) is 0.892. The molecule has 2 rings (SSSR count). The Labute approximate surface area is 101 Å². The lowest BCUT2D eigenvalue weighted by atomic mass is 10.3. The van der Waals surface area contributed by atoms with Gasteiger partial charge in [-0.25, -0.2) is 8.42 Å². The number of aliphatic imine (C=N–C) groups is 1. The van der Waals surface area contributed by atoms with Crippen LogP contribution in [-0.2, 0) is 9.84 Å². The number of nitrogens with zero attached hydrogens (tertiary/aromatic N) is 1. The first-order valence-corrected chi connectivity index (χ1v) is 8.61. The van der Waals surface area contributed by atoms with Crippen LogP contribution in [0.2, 0.25) is 0 Å². The van der Waals surface area contributed by atoms with Crippen LogP contribution in [0.5, 0.6) is 0 Å². The molecule has 0 aromatic rings. The van der Waals surface area contributed by atoms with Crippen molar-refractivity contribution in [3.8, 4) is 0 Å². The summed E-state index contributed by atoms with van der Waals surface area (Å²) in [7, 11) is -2.82. The Hall–Kier alpha value is -0.230. The van der Waals surface area contributed by atoms with Gasteiger partial charge in [-0.1, -0.05) is 11.8 Å². The van der Waals surface area contributed by atoms with Gasteiger partial charge in [-0.2, -0.15) is 0 Å². The van der Waals surface area contributed by atoms with Crippen molar-refractivity contribution < 1.29 is 8.42 Å². The fraction of sp³-hybridized carbons (Fsp3) is 0.900. The molecule has 0 radical (unpaired) electrons. The molecule has 0 saturated heterocycles. The van der Waals surface area contributed by atoms with Crippen LogP contribution in [0, 0.1) is 5.92 Å². The number of hydrogen-bond donors (Lipinski definition) is 1. The average Bonchev–Trinajstić information content (AvgIpc) is 2.93. The minimum absolute atomic E-state index is 0.254. The SMILES string of the molecule is CS(=O)(=O)CCCNC1=NCC(C2CC2)S1. The van der Waals surface area contributed by atoms with Crippen LogP contribution in [0.3, 0.4) is 0 Å². The van der Waals surface area contributed by atoms with E-state index in [4.69, 9.17) is 0 Å². The zero-order valence-corrected chi connectivity index (χ0v) is 11.1. The average molecular weight is 262 g/mol. The lowest BCUT2D eigenvalue weighted by Gasteiger charge is -2.07. The third-order valence-electron chi connectivity index (χ3n) is 2.79. The summed E-state index contributed by atoms with van der Waals surface area (Å²) in [5.74, 6) is 1.13. The van der Waals surface area contributed by atoms with Crippen LogP contribution in [0.4, 0.5) is 0 Å². The van der Waals surface area contributed by atoms with E-state index in [2.05, 4.69) is 10.3 Å². The number of sulfone groups is 1. The number of hydrogen-bond acceptors (Lipinski definition) is 5. The van der Waals surface area contributed by atoms with Gasteiger partial charge in [0.25, 0.3) is 0 Å². The summed E-state index contributed by atoms with van der Waals surface area (Å²) in [5.41, 5.74) is 0. The summed E-state index contributed by atoms with van der Waals surface area (Å²) < 4.78 is 21.8. The molecule has 1 fully saturated rings. The molecule has 16 heavy (non-hydrogen) atoms. The maximum atomic E-state index is 10.9. The summed E-state index contributed by atoms with van der Waals surface area (Å²) >= 11 is 1.83. The van der Waals surface area contributed by atoms with E-state index >= 15 is 0 Å². The van der Waals surface area contributed by atoms with Gasteiger partial charge in [-0.15, -0.1) is 0 Å². The van der Waals surface area contributed by atoms with Crippen LogP contribution in [0.1, 0.15) is 19.3 Å². The molecule has 1 aliphatic heterocycles. The third-order valence-corrected chi connectivity index (χ3v) is 5.16. The van der Waals surface area contributed by atoms with Crippen molar-refractivity contribution in [1.29, 1.82) is 0 Å². The van der Waals surface area contributed by atoms with Gasteiger partial charge >= 0.3 is 0 Å². The molecule has 1 atom stereocenters. The molecular weight excluding hydrogens is 244 g/mol. The zero-order valence-electron chi connectivity index (χ0n) is 9.48. The van der Waals surface area contributed by atoms with Gasteiger partial charge in [0, 0.05) is 18.1 Å². The Morgan fingerprint density at radius 2 is 2.25 bits per heavy atom. The Morgan fingerprint density at radius 1 is 1.50 bits per heavy atom. The Balaban J connectivity index is 1.60. The monoisotopic (exact) mass is 262 g/mol. The largest absolute Gasteiger partial charge is 0.365 e. The van der Waals surface area contributed by atoms with Crippen molar-refractivity contribution >= 4 is 26.8 Å². The van der Waals surface area contributed by atoms with Crippen molar-refractivity contribution in [1.82, 2.24) is 5.32 Å². The summed E-state index contributed by atoms with van der Waals surface area (Å²) in [5, 5.41) is 4.90. The van der Waals surface area contributed by atoms with Crippen LogP contribution in [0.15, 0.2) is 4.99 Å². The second-order valence-corrected chi connectivity index (χ2v) is 8.04. The summed E-state index contributed by atoms with van der Waals surface area (Å²) in [6.45, 7) is 1.64. The molecule has 1 N–H and O–H groups in total. The Kier molecular flexibility index (Phi) is 3.79. The van der Waals surface area contributed by atoms with Crippen LogP contribution in [0.25, 0.3) is 0 Å². The minimum atomic E-state index is -2.82. The molecule has 1 heterocycles. The van der Waals surface area contributed by atoms with Gasteiger partial charge in [0.2, 0.25) is 0 Å². The molecule has 4 nitrogen and oxygen atoms in total. The number of rotatable bonds is 5. The second-order valence-electron chi connectivity index (χ2n) is 4.55. The van der Waals surface area contributed by atoms with Crippen LogP contribution in [-0.4, -0.2) is 43.9 Å². The number of thioether (sulfide) groups is 1. The molecular formula is C10H18N2O2S2. The molecule has 1 saturated carbocycles. The van der Waals surface area contributed by atoms with Crippen LogP contribution >= 0.6 is 11.8 Å². The topological polar surface area (TPSA) is 58.5 Å². The van der Waals surface area contributed by atoms with Gasteiger partial charge < -0.3 is 5.32 Å². The second kappa shape index (κ2) is 4.96. The number of amidine groups is 1. The van der Waals surface area contributed by atoms with E-state index in [1.807, 2.05) is 11.8 Å². The minimum Gasteiger partial charge on any atom is -0.365 e. The predicted molar refractivity (Wildman–Crippen MR) is 68.7 cm³/mol. The van der Waals surface area contributed by atoms with Crippen molar-refractivity contribution in [2.24, 2.45) is 10.9 Å². The molecule has 0 aromatic heterocycles. The van der Waals surface area contributed by atoms with E-state index in [1.165, 1.54) is 19.1 Å². The first-order chi connectivity index (χ1) is 7.54. The van der Waals surface area contributed by atoms with Crippen LogP contribution < -0.4 is 5.32 Å². The van der Waals surface area contributed by atoms with E-state index in [-0.39, 0.29) is 5.75 Å². The van der Waals surface area contributed by atoms with Gasteiger partial charge in [0.1, 0.15) is 9.84 Å². The normalized spacial score (nSPS) is 25.6. The lowest BCUT2D eigenvalue weighted by molar-refractivity contribution is 0.598. The highest BCUT2D eigenvalue weighted by Crippen LogP contribution is 2.41. The third kappa shape index (κ3) is 3.97. The molecule has 0 bridgehead atoms. The molecule has 0 spiro atoms. The van der Waals surface area contributed by atoms with Gasteiger partial charge in [0.05, 0.1) is 12.3 Å². The first-order valence-electron chi connectivity index (χ1n) is 5.67. The maximum absolute atomic E-state index is 10.9. The Morgan fingerprint density at radius 3 is 2.88 bits per heavy atom. The summed E-state index contributed by atoms with van der Waals surface area (Å²) in [6.07, 6.45) is 4.65. The number of nitrogens with one attached hydrogen (secondary N) is 1. The van der Waals surface area contributed by atoms with Gasteiger partial charge in [-0.3, -0.25) is 4.99 Å². The summed E-state index contributed by atoms with van der Waals surface area (Å²) in [4.78, 5) is 4.43. The van der Waals surface area contributed by atoms with E-state index < -0.39 is 9.84 Å². The Bertz CT molecular complexity index is 374. The molecule has 1 aliphatic carbocycles. The lowest BCUT2D eigenvalue weighted by Crippen LogP contribution is -2.22. The highest BCUT2D eigenvalue weighted by atomic mass is 32.2. The quantitative estimate of drug-likeness (QED) is 0.748. The highest BCUT2D eigenvalue weighted by molar-refractivity contribution is 8.14. The summed E-state index contributed by atoms with van der Waals surface area (Å²) in [6, 6.07) is 0. The first kappa shape index (κ1) is 12.2. The molecule has 0 amide bonds. The smallest absolute Gasteiger partial charge is 0.156 e. The van der Waals surface area contributed by atoms with Crippen molar-refractivity contribution in [2.75, 3.05) is 25.1 Å². The van der Waals surface area contributed by atoms with Crippen molar-refractivity contribution in [2.45, 2.75) is 24.5 Å². The molecule has 1 unspecified atom stereocenters. The van der Waals surface area contributed by atoms with E-state index in [0.29, 0.717) is 18.2 Å². The van der Waals surface area contributed by atoms with Gasteiger partial charge in [-0.05, 0) is 25.2 Å². The molecule has 92 valence electrons. The van der Waals surface area contributed by atoms with E-state index in [9.17, 15) is 8.42 Å². The van der Waals surface area contributed by atoms with Crippen molar-refractivity contribution in [3.63, 3.8) is 0 Å².